The Morgan fingerprint density at radius 2 is 1.95 bits per heavy atom. The summed E-state index contributed by atoms with van der Waals surface area (Å²) in [6.45, 7) is 3.18. The number of nitrogens with one attached hydrogen (secondary N) is 2. The Bertz CT molecular complexity index is 1830. The van der Waals surface area contributed by atoms with Crippen LogP contribution in [0.3, 0.4) is 0 Å². The fourth-order valence-corrected chi connectivity index (χ4v) is 5.43. The summed E-state index contributed by atoms with van der Waals surface area (Å²) in [5, 5.41) is 18.0. The van der Waals surface area contributed by atoms with Crippen LogP contribution in [0.5, 0.6) is 11.5 Å². The molecule has 5 rings (SSSR count). The highest BCUT2D eigenvalue weighted by Crippen LogP contribution is 2.37. The highest BCUT2D eigenvalue weighted by molar-refractivity contribution is 7.18. The van der Waals surface area contributed by atoms with Crippen LogP contribution in [-0.4, -0.2) is 48.0 Å². The molecule has 5 aromatic rings. The number of rotatable bonds is 11. The van der Waals surface area contributed by atoms with Gasteiger partial charge in [-0.15, -0.1) is 11.3 Å². The molecule has 0 fully saturated rings. The minimum atomic E-state index is -0.297. The number of aromatic nitrogens is 2. The van der Waals surface area contributed by atoms with E-state index in [1.807, 2.05) is 56.3 Å². The van der Waals surface area contributed by atoms with Crippen molar-refractivity contribution >= 4 is 67.0 Å². The number of carbonyl (C=O) groups is 1. The first-order valence-electron chi connectivity index (χ1n) is 13.5. The van der Waals surface area contributed by atoms with Crippen molar-refractivity contribution in [2.24, 2.45) is 0 Å². The second-order valence-electron chi connectivity index (χ2n) is 9.75. The first-order chi connectivity index (χ1) is 20.8. The Morgan fingerprint density at radius 3 is 2.70 bits per heavy atom. The molecular formula is C32H29ClN6O3S. The molecule has 0 spiro atoms. The number of halogens is 1. The quantitative estimate of drug-likeness (QED) is 0.151. The summed E-state index contributed by atoms with van der Waals surface area (Å²) >= 11 is 8.18. The fourth-order valence-electron chi connectivity index (χ4n) is 4.32. The van der Waals surface area contributed by atoms with E-state index in [1.165, 1.54) is 12.3 Å². The third kappa shape index (κ3) is 7.21. The highest BCUT2D eigenvalue weighted by atomic mass is 35.5. The zero-order valence-corrected chi connectivity index (χ0v) is 25.4. The van der Waals surface area contributed by atoms with Crippen LogP contribution in [0.15, 0.2) is 72.9 Å². The van der Waals surface area contributed by atoms with Crippen LogP contribution < -0.4 is 20.1 Å². The van der Waals surface area contributed by atoms with E-state index in [-0.39, 0.29) is 5.91 Å². The van der Waals surface area contributed by atoms with E-state index in [4.69, 9.17) is 21.1 Å². The van der Waals surface area contributed by atoms with Gasteiger partial charge in [0.1, 0.15) is 29.2 Å². The number of amides is 1. The number of hydrogen-bond acceptors (Lipinski definition) is 9. The van der Waals surface area contributed by atoms with Gasteiger partial charge in [0, 0.05) is 36.0 Å². The Balaban J connectivity index is 1.41. The first-order valence-corrected chi connectivity index (χ1v) is 14.7. The van der Waals surface area contributed by atoms with Gasteiger partial charge in [-0.05, 0) is 57.4 Å². The highest BCUT2D eigenvalue weighted by Gasteiger charge is 2.16. The zero-order valence-electron chi connectivity index (χ0n) is 23.8. The Kier molecular flexibility index (Phi) is 9.37. The maximum atomic E-state index is 12.7. The SMILES string of the molecule is CCOc1cc2ncc(C#N)c(Nc3ccc(OCc4nc5ccccc5s4)c(Cl)c3)c2cc1NC(=O)C=CCN(C)C. The number of carbonyl (C=O) groups excluding carboxylic acids is 1. The lowest BCUT2D eigenvalue weighted by Crippen LogP contribution is -2.13. The Labute approximate surface area is 258 Å². The van der Waals surface area contributed by atoms with E-state index in [0.29, 0.717) is 69.8 Å². The number of likely N-dealkylation sites (N-methyl/N-ethyl adjacent to an activating group) is 1. The van der Waals surface area contributed by atoms with Crippen LogP contribution in [0.4, 0.5) is 17.1 Å². The van der Waals surface area contributed by atoms with Crippen LogP contribution >= 0.6 is 22.9 Å². The molecule has 0 radical (unpaired) electrons. The molecule has 0 aliphatic carbocycles. The van der Waals surface area contributed by atoms with E-state index >= 15 is 0 Å². The van der Waals surface area contributed by atoms with Crippen LogP contribution in [-0.2, 0) is 11.4 Å². The number of ether oxygens (including phenoxy) is 2. The van der Waals surface area contributed by atoms with Gasteiger partial charge in [-0.1, -0.05) is 29.8 Å². The second kappa shape index (κ2) is 13.5. The molecule has 218 valence electrons. The number of hydrogen-bond donors (Lipinski definition) is 2. The average Bonchev–Trinajstić information content (AvgIpc) is 3.40. The molecule has 11 heteroatoms. The minimum Gasteiger partial charge on any atom is -0.492 e. The van der Waals surface area contributed by atoms with E-state index in [1.54, 1.807) is 41.7 Å². The number of nitriles is 1. The van der Waals surface area contributed by atoms with Gasteiger partial charge in [0.25, 0.3) is 0 Å². The predicted molar refractivity (Wildman–Crippen MR) is 173 cm³/mol. The van der Waals surface area contributed by atoms with Crippen molar-refractivity contribution in [1.82, 2.24) is 14.9 Å². The van der Waals surface area contributed by atoms with Gasteiger partial charge < -0.3 is 25.0 Å². The number of thiazole rings is 1. The molecule has 0 aliphatic heterocycles. The molecule has 2 aromatic heterocycles. The van der Waals surface area contributed by atoms with Crippen LogP contribution in [0.1, 0.15) is 17.5 Å². The van der Waals surface area contributed by atoms with Crippen LogP contribution in [0, 0.1) is 11.3 Å². The Hall–Kier alpha value is -4.69. The maximum absolute atomic E-state index is 12.7. The first kappa shape index (κ1) is 29.8. The van der Waals surface area contributed by atoms with Gasteiger partial charge in [-0.3, -0.25) is 9.78 Å². The molecule has 0 unspecified atom stereocenters. The fraction of sp³-hybridized carbons (Fsp3) is 0.188. The molecule has 1 amide bonds. The lowest BCUT2D eigenvalue weighted by atomic mass is 10.1. The lowest BCUT2D eigenvalue weighted by Gasteiger charge is -2.16. The van der Waals surface area contributed by atoms with Crippen molar-refractivity contribution in [3.63, 3.8) is 0 Å². The molecule has 3 aromatic carbocycles. The van der Waals surface area contributed by atoms with Gasteiger partial charge in [-0.2, -0.15) is 5.26 Å². The molecule has 0 bridgehead atoms. The number of anilines is 3. The van der Waals surface area contributed by atoms with Crippen LogP contribution in [0.25, 0.3) is 21.1 Å². The summed E-state index contributed by atoms with van der Waals surface area (Å²) < 4.78 is 12.9. The summed E-state index contributed by atoms with van der Waals surface area (Å²) in [7, 11) is 3.84. The molecule has 0 atom stereocenters. The monoisotopic (exact) mass is 612 g/mol. The zero-order chi connectivity index (χ0) is 30.3. The summed E-state index contributed by atoms with van der Waals surface area (Å²) in [6, 6.07) is 19.0. The summed E-state index contributed by atoms with van der Waals surface area (Å²) in [5.74, 6) is 0.694. The molecule has 2 heterocycles. The standard InChI is InChI=1S/C32H29ClN6O3S/c1-4-41-28-16-25-22(15-26(28)37-30(40)10-7-13-39(2)3)32(20(17-34)18-35-25)36-21-11-12-27(23(33)14-21)42-19-31-38-24-8-5-6-9-29(24)43-31/h5-12,14-16,18H,4,13,19H2,1-3H3,(H,35,36)(H,37,40). The molecule has 9 nitrogen and oxygen atoms in total. The van der Waals surface area contributed by atoms with Gasteiger partial charge >= 0.3 is 0 Å². The van der Waals surface area contributed by atoms with Crippen molar-refractivity contribution in [1.29, 1.82) is 5.26 Å². The molecule has 2 N–H and O–H groups in total. The van der Waals surface area contributed by atoms with Gasteiger partial charge in [0.15, 0.2) is 0 Å². The summed E-state index contributed by atoms with van der Waals surface area (Å²) in [4.78, 5) is 23.7. The lowest BCUT2D eigenvalue weighted by molar-refractivity contribution is -0.111. The van der Waals surface area contributed by atoms with Gasteiger partial charge in [0.2, 0.25) is 5.91 Å². The largest absolute Gasteiger partial charge is 0.492 e. The normalized spacial score (nSPS) is 11.3. The molecule has 0 saturated carbocycles. The average molecular weight is 613 g/mol. The van der Waals surface area contributed by atoms with E-state index in [0.717, 1.165) is 15.2 Å². The van der Waals surface area contributed by atoms with E-state index in [9.17, 15) is 10.1 Å². The third-order valence-corrected chi connectivity index (χ3v) is 7.58. The van der Waals surface area contributed by atoms with Gasteiger partial charge in [0.05, 0.1) is 44.3 Å². The number of fused-ring (bicyclic) bond motifs is 2. The summed E-state index contributed by atoms with van der Waals surface area (Å²) in [5.41, 5.74) is 3.48. The number of benzene rings is 3. The maximum Gasteiger partial charge on any atom is 0.248 e. The topological polar surface area (TPSA) is 112 Å². The predicted octanol–water partition coefficient (Wildman–Crippen LogP) is 7.15. The number of para-hydroxylation sites is 1. The van der Waals surface area contributed by atoms with Gasteiger partial charge in [-0.25, -0.2) is 4.98 Å². The van der Waals surface area contributed by atoms with Crippen LogP contribution in [0.2, 0.25) is 5.02 Å². The number of nitrogens with zero attached hydrogens (tertiary/aromatic N) is 4. The molecule has 0 aliphatic rings. The van der Waals surface area contributed by atoms with Crippen molar-refractivity contribution in [3.8, 4) is 17.6 Å². The summed E-state index contributed by atoms with van der Waals surface area (Å²) in [6.07, 6.45) is 4.75. The van der Waals surface area contributed by atoms with E-state index in [2.05, 4.69) is 26.7 Å². The smallest absolute Gasteiger partial charge is 0.248 e. The Morgan fingerprint density at radius 1 is 1.12 bits per heavy atom. The van der Waals surface area contributed by atoms with Crippen molar-refractivity contribution in [2.45, 2.75) is 13.5 Å². The number of pyridine rings is 1. The molecular weight excluding hydrogens is 584 g/mol. The molecule has 0 saturated heterocycles. The van der Waals surface area contributed by atoms with Crippen molar-refractivity contribution in [3.05, 3.63) is 88.5 Å². The van der Waals surface area contributed by atoms with Crippen molar-refractivity contribution in [2.75, 3.05) is 37.9 Å². The third-order valence-electron chi connectivity index (χ3n) is 6.28. The minimum absolute atomic E-state index is 0.292. The second-order valence-corrected chi connectivity index (χ2v) is 11.3. The van der Waals surface area contributed by atoms with Crippen molar-refractivity contribution < 1.29 is 14.3 Å². The van der Waals surface area contributed by atoms with E-state index < -0.39 is 0 Å². The molecule has 43 heavy (non-hydrogen) atoms.